The minimum atomic E-state index is -3.77. The van der Waals surface area contributed by atoms with E-state index >= 15 is 0 Å². The largest absolute Gasteiger partial charge is 0.478 e. The first kappa shape index (κ1) is 22.3. The summed E-state index contributed by atoms with van der Waals surface area (Å²) < 4.78 is 28.4. The van der Waals surface area contributed by atoms with Crippen molar-refractivity contribution >= 4 is 33.3 Å². The Morgan fingerprint density at radius 1 is 1.09 bits per heavy atom. The predicted octanol–water partition coefficient (Wildman–Crippen LogP) is 4.71. The average Bonchev–Trinajstić information content (AvgIpc) is 2.74. The molecule has 2 N–H and O–H groups in total. The van der Waals surface area contributed by atoms with E-state index in [1.807, 2.05) is 19.1 Å². The minimum absolute atomic E-state index is 0.181. The lowest BCUT2D eigenvalue weighted by Crippen LogP contribution is -2.31. The maximum Gasteiger partial charge on any atom is 0.336 e. The Labute approximate surface area is 192 Å². The SMILES string of the molecule is Cc1cccc(C(=O)O)c1CN1CCc2ccc(S(=O)(=O)Nc3cccc(Cl)c3)cc2C1. The summed E-state index contributed by atoms with van der Waals surface area (Å²) in [5.74, 6) is -0.943. The van der Waals surface area contributed by atoms with Gasteiger partial charge >= 0.3 is 5.97 Å². The number of fused-ring (bicyclic) bond motifs is 1. The van der Waals surface area contributed by atoms with Gasteiger partial charge in [-0.05, 0) is 72.0 Å². The number of hydrogen-bond donors (Lipinski definition) is 2. The van der Waals surface area contributed by atoms with E-state index in [4.69, 9.17) is 11.6 Å². The molecular formula is C24H23ClN2O4S. The van der Waals surface area contributed by atoms with Crippen LogP contribution in [-0.2, 0) is 29.5 Å². The van der Waals surface area contributed by atoms with Crippen LogP contribution in [0.2, 0.25) is 5.02 Å². The molecule has 0 amide bonds. The van der Waals surface area contributed by atoms with E-state index in [1.165, 1.54) is 0 Å². The van der Waals surface area contributed by atoms with Crippen LogP contribution < -0.4 is 4.72 Å². The number of rotatable bonds is 6. The van der Waals surface area contributed by atoms with E-state index in [2.05, 4.69) is 9.62 Å². The highest BCUT2D eigenvalue weighted by atomic mass is 35.5. The summed E-state index contributed by atoms with van der Waals surface area (Å²) in [4.78, 5) is 14.0. The monoisotopic (exact) mass is 470 g/mol. The molecule has 32 heavy (non-hydrogen) atoms. The van der Waals surface area contributed by atoms with Crippen molar-refractivity contribution in [2.45, 2.75) is 31.3 Å². The molecule has 4 rings (SSSR count). The maximum atomic E-state index is 12.9. The van der Waals surface area contributed by atoms with E-state index in [0.29, 0.717) is 29.4 Å². The van der Waals surface area contributed by atoms with Crippen molar-refractivity contribution in [1.82, 2.24) is 4.90 Å². The van der Waals surface area contributed by atoms with Crippen LogP contribution >= 0.6 is 11.6 Å². The molecule has 1 heterocycles. The number of aryl methyl sites for hydroxylation is 1. The molecule has 0 unspecified atom stereocenters. The molecule has 0 saturated heterocycles. The number of benzene rings is 3. The van der Waals surface area contributed by atoms with Gasteiger partial charge in [-0.3, -0.25) is 9.62 Å². The van der Waals surface area contributed by atoms with Gasteiger partial charge in [0.15, 0.2) is 0 Å². The van der Waals surface area contributed by atoms with E-state index in [1.54, 1.807) is 48.5 Å². The number of carboxylic acid groups (broad SMARTS) is 1. The Balaban J connectivity index is 1.57. The third-order valence-electron chi connectivity index (χ3n) is 5.68. The first-order valence-electron chi connectivity index (χ1n) is 10.2. The van der Waals surface area contributed by atoms with Crippen molar-refractivity contribution in [3.8, 4) is 0 Å². The zero-order chi connectivity index (χ0) is 22.9. The van der Waals surface area contributed by atoms with Gasteiger partial charge < -0.3 is 5.11 Å². The summed E-state index contributed by atoms with van der Waals surface area (Å²) in [5.41, 5.74) is 4.45. The fraction of sp³-hybridized carbons (Fsp3) is 0.208. The summed E-state index contributed by atoms with van der Waals surface area (Å²) in [5, 5.41) is 9.99. The zero-order valence-corrected chi connectivity index (χ0v) is 19.1. The first-order chi connectivity index (χ1) is 15.2. The van der Waals surface area contributed by atoms with Crippen LogP contribution in [0.3, 0.4) is 0 Å². The number of hydrogen-bond acceptors (Lipinski definition) is 4. The van der Waals surface area contributed by atoms with Gasteiger partial charge in [0.2, 0.25) is 0 Å². The molecule has 3 aromatic rings. The van der Waals surface area contributed by atoms with Gasteiger partial charge in [-0.2, -0.15) is 0 Å². The predicted molar refractivity (Wildman–Crippen MR) is 125 cm³/mol. The second-order valence-corrected chi connectivity index (χ2v) is 10.0. The highest BCUT2D eigenvalue weighted by Gasteiger charge is 2.23. The summed E-state index contributed by atoms with van der Waals surface area (Å²) in [6.45, 7) is 3.72. The Morgan fingerprint density at radius 2 is 1.88 bits per heavy atom. The molecule has 0 aliphatic carbocycles. The smallest absolute Gasteiger partial charge is 0.336 e. The lowest BCUT2D eigenvalue weighted by Gasteiger charge is -2.30. The topological polar surface area (TPSA) is 86.7 Å². The number of nitrogens with zero attached hydrogens (tertiary/aromatic N) is 1. The molecule has 0 aromatic heterocycles. The van der Waals surface area contributed by atoms with Crippen LogP contribution in [0.25, 0.3) is 0 Å². The highest BCUT2D eigenvalue weighted by molar-refractivity contribution is 7.92. The quantitative estimate of drug-likeness (QED) is 0.545. The second kappa shape index (κ2) is 8.94. The molecule has 6 nitrogen and oxygen atoms in total. The lowest BCUT2D eigenvalue weighted by molar-refractivity contribution is 0.0694. The molecule has 0 spiro atoms. The zero-order valence-electron chi connectivity index (χ0n) is 17.5. The van der Waals surface area contributed by atoms with Crippen LogP contribution in [0.5, 0.6) is 0 Å². The second-order valence-electron chi connectivity index (χ2n) is 7.91. The van der Waals surface area contributed by atoms with Crippen LogP contribution in [0.4, 0.5) is 5.69 Å². The normalized spacial score (nSPS) is 14.1. The standard InChI is InChI=1S/C24H23ClN2O4S/c1-16-4-2-7-22(24(28)29)23(16)15-27-11-10-17-8-9-21(12-18(17)14-27)32(30,31)26-20-6-3-5-19(25)13-20/h2-9,12-13,26H,10-11,14-15H2,1H3,(H,28,29). The molecule has 8 heteroatoms. The lowest BCUT2D eigenvalue weighted by atomic mass is 9.97. The van der Waals surface area contributed by atoms with Gasteiger partial charge in [-0.25, -0.2) is 13.2 Å². The maximum absolute atomic E-state index is 12.9. The Hall–Kier alpha value is -2.87. The highest BCUT2D eigenvalue weighted by Crippen LogP contribution is 2.27. The van der Waals surface area contributed by atoms with Gasteiger partial charge in [0.05, 0.1) is 16.1 Å². The molecule has 166 valence electrons. The summed E-state index contributed by atoms with van der Waals surface area (Å²) in [6, 6.07) is 17.0. The molecule has 3 aromatic carbocycles. The first-order valence-corrected chi connectivity index (χ1v) is 12.0. The Kier molecular flexibility index (Phi) is 6.24. The van der Waals surface area contributed by atoms with Gasteiger partial charge in [0, 0.05) is 24.7 Å². The van der Waals surface area contributed by atoms with E-state index < -0.39 is 16.0 Å². The fourth-order valence-corrected chi connectivity index (χ4v) is 5.29. The van der Waals surface area contributed by atoms with Crippen LogP contribution in [-0.4, -0.2) is 30.9 Å². The molecule has 0 radical (unpaired) electrons. The minimum Gasteiger partial charge on any atom is -0.478 e. The molecule has 0 bridgehead atoms. The van der Waals surface area contributed by atoms with Crippen LogP contribution in [0.15, 0.2) is 65.6 Å². The van der Waals surface area contributed by atoms with Crippen LogP contribution in [0.1, 0.15) is 32.6 Å². The number of halogens is 1. The number of anilines is 1. The number of aromatic carboxylic acids is 1. The van der Waals surface area contributed by atoms with Gasteiger partial charge in [0.1, 0.15) is 0 Å². The summed E-state index contributed by atoms with van der Waals surface area (Å²) in [6.07, 6.45) is 0.770. The Bertz CT molecular complexity index is 1290. The van der Waals surface area contributed by atoms with Crippen molar-refractivity contribution in [1.29, 1.82) is 0 Å². The number of carbonyl (C=O) groups is 1. The number of nitrogens with one attached hydrogen (secondary N) is 1. The summed E-state index contributed by atoms with van der Waals surface area (Å²) in [7, 11) is -3.77. The molecule has 0 fully saturated rings. The summed E-state index contributed by atoms with van der Waals surface area (Å²) >= 11 is 5.96. The van der Waals surface area contributed by atoms with Gasteiger partial charge in [-0.15, -0.1) is 0 Å². The molecule has 0 atom stereocenters. The van der Waals surface area contributed by atoms with Gasteiger partial charge in [0.25, 0.3) is 10.0 Å². The van der Waals surface area contributed by atoms with Gasteiger partial charge in [-0.1, -0.05) is 35.9 Å². The molecule has 1 aliphatic heterocycles. The van der Waals surface area contributed by atoms with Crippen molar-refractivity contribution in [2.75, 3.05) is 11.3 Å². The van der Waals surface area contributed by atoms with Crippen LogP contribution in [0, 0.1) is 6.92 Å². The van der Waals surface area contributed by atoms with E-state index in [-0.39, 0.29) is 4.90 Å². The number of sulfonamides is 1. The molecule has 1 aliphatic rings. The number of carboxylic acids is 1. The fourth-order valence-electron chi connectivity index (χ4n) is 4.00. The van der Waals surface area contributed by atoms with Crippen molar-refractivity contribution in [3.05, 3.63) is 93.5 Å². The Morgan fingerprint density at radius 3 is 2.62 bits per heavy atom. The molecule has 0 saturated carbocycles. The molecular weight excluding hydrogens is 448 g/mol. The third-order valence-corrected chi connectivity index (χ3v) is 7.29. The van der Waals surface area contributed by atoms with E-state index in [9.17, 15) is 18.3 Å². The average molecular weight is 471 g/mol. The third kappa shape index (κ3) is 4.80. The van der Waals surface area contributed by atoms with Crippen molar-refractivity contribution < 1.29 is 18.3 Å². The van der Waals surface area contributed by atoms with E-state index in [0.717, 1.165) is 35.2 Å². The van der Waals surface area contributed by atoms with Crippen molar-refractivity contribution in [3.63, 3.8) is 0 Å². The van der Waals surface area contributed by atoms with Crippen molar-refractivity contribution in [2.24, 2.45) is 0 Å².